The summed E-state index contributed by atoms with van der Waals surface area (Å²) in [6, 6.07) is 7.48. The van der Waals surface area contributed by atoms with Gasteiger partial charge < -0.3 is 20.7 Å². The van der Waals surface area contributed by atoms with Gasteiger partial charge in [-0.05, 0) is 36.4 Å². The third kappa shape index (κ3) is 3.60. The van der Waals surface area contributed by atoms with E-state index in [1.54, 1.807) is 23.5 Å². The van der Waals surface area contributed by atoms with E-state index in [1.165, 1.54) is 12.1 Å². The Hall–Kier alpha value is -1.92. The first-order valence-electron chi connectivity index (χ1n) is 7.81. The molecule has 2 heterocycles. The summed E-state index contributed by atoms with van der Waals surface area (Å²) >= 11 is 7.78. The van der Waals surface area contributed by atoms with Crippen molar-refractivity contribution in [2.75, 3.05) is 30.8 Å². The van der Waals surface area contributed by atoms with Gasteiger partial charge in [0.2, 0.25) is 0 Å². The van der Waals surface area contributed by atoms with Crippen molar-refractivity contribution in [2.24, 2.45) is 0 Å². The number of hydrogen-bond acceptors (Lipinski definition) is 5. The molecule has 7 heteroatoms. The number of piperidine rings is 1. The van der Waals surface area contributed by atoms with Crippen molar-refractivity contribution in [3.05, 3.63) is 40.2 Å². The Morgan fingerprint density at radius 2 is 2.17 bits per heavy atom. The van der Waals surface area contributed by atoms with Crippen molar-refractivity contribution in [3.8, 4) is 5.75 Å². The molecule has 0 saturated carbocycles. The topological polar surface area (TPSA) is 67.6 Å². The Bertz CT molecular complexity index is 713. The van der Waals surface area contributed by atoms with E-state index in [2.05, 4.69) is 27.7 Å². The van der Waals surface area contributed by atoms with Crippen LogP contribution in [0.3, 0.4) is 0 Å². The van der Waals surface area contributed by atoms with Crippen LogP contribution < -0.4 is 20.7 Å². The number of ether oxygens (including phenoxy) is 1. The summed E-state index contributed by atoms with van der Waals surface area (Å²) in [5.41, 5.74) is 6.57. The molecule has 3 N–H and O–H groups in total. The number of nitrogens with one attached hydrogen (secondary N) is 1. The number of amides is 1. The summed E-state index contributed by atoms with van der Waals surface area (Å²) in [5.74, 6) is 0.258. The Morgan fingerprint density at radius 3 is 2.79 bits per heavy atom. The Morgan fingerprint density at radius 1 is 1.42 bits per heavy atom. The molecule has 1 aliphatic heterocycles. The highest BCUT2D eigenvalue weighted by Crippen LogP contribution is 2.29. The van der Waals surface area contributed by atoms with Gasteiger partial charge in [0.05, 0.1) is 28.4 Å². The van der Waals surface area contributed by atoms with Crippen LogP contribution in [0.2, 0.25) is 5.02 Å². The maximum Gasteiger partial charge on any atom is 0.255 e. The van der Waals surface area contributed by atoms with E-state index in [0.29, 0.717) is 22.0 Å². The molecular formula is C17H20ClN3O2S. The first kappa shape index (κ1) is 16.9. The van der Waals surface area contributed by atoms with Gasteiger partial charge in [-0.3, -0.25) is 4.79 Å². The van der Waals surface area contributed by atoms with E-state index in [-0.39, 0.29) is 11.9 Å². The minimum absolute atomic E-state index is 0.148. The number of benzene rings is 1. The van der Waals surface area contributed by atoms with Gasteiger partial charge in [0.25, 0.3) is 5.91 Å². The van der Waals surface area contributed by atoms with Crippen LogP contribution in [-0.4, -0.2) is 32.1 Å². The lowest BCUT2D eigenvalue weighted by Gasteiger charge is -2.33. The van der Waals surface area contributed by atoms with Crippen molar-refractivity contribution in [1.29, 1.82) is 0 Å². The first-order chi connectivity index (χ1) is 11.6. The normalized spacial score (nSPS) is 15.3. The summed E-state index contributed by atoms with van der Waals surface area (Å²) in [6.45, 7) is 1.87. The van der Waals surface area contributed by atoms with Gasteiger partial charge in [-0.1, -0.05) is 11.6 Å². The van der Waals surface area contributed by atoms with E-state index < -0.39 is 0 Å². The number of methoxy groups -OCH3 is 1. The number of rotatable bonds is 4. The smallest absolute Gasteiger partial charge is 0.255 e. The van der Waals surface area contributed by atoms with E-state index >= 15 is 0 Å². The van der Waals surface area contributed by atoms with Crippen LogP contribution in [0, 0.1) is 0 Å². The predicted molar refractivity (Wildman–Crippen MR) is 99.4 cm³/mol. The molecule has 2 aromatic rings. The number of carbonyl (C=O) groups excluding carboxylic acids is 1. The third-order valence-electron chi connectivity index (χ3n) is 4.21. The Kier molecular flexibility index (Phi) is 5.16. The molecule has 0 aliphatic carbocycles. The lowest BCUT2D eigenvalue weighted by atomic mass is 10.0. The molecule has 1 fully saturated rings. The maximum absolute atomic E-state index is 12.6. The standard InChI is InChI=1S/C17H20ClN3O2S/c1-23-15-10-14(19)13(18)9-12(15)17(22)20-11-4-6-21(7-5-11)16-3-2-8-24-16/h2-3,8-11H,4-7,19H2,1H3,(H,20,22). The molecule has 5 nitrogen and oxygen atoms in total. The summed E-state index contributed by atoms with van der Waals surface area (Å²) in [5, 5.41) is 6.80. The van der Waals surface area contributed by atoms with Crippen LogP contribution in [0.5, 0.6) is 5.75 Å². The third-order valence-corrected chi connectivity index (χ3v) is 5.47. The van der Waals surface area contributed by atoms with Crippen molar-refractivity contribution >= 4 is 39.5 Å². The Labute approximate surface area is 150 Å². The molecule has 1 amide bonds. The van der Waals surface area contributed by atoms with Crippen LogP contribution in [0.4, 0.5) is 10.7 Å². The number of anilines is 2. The second-order valence-electron chi connectivity index (χ2n) is 5.76. The molecule has 0 atom stereocenters. The van der Waals surface area contributed by atoms with E-state index in [0.717, 1.165) is 25.9 Å². The monoisotopic (exact) mass is 365 g/mol. The number of nitrogens with two attached hydrogens (primary N) is 1. The zero-order valence-electron chi connectivity index (χ0n) is 13.4. The number of carbonyl (C=O) groups is 1. The lowest BCUT2D eigenvalue weighted by Crippen LogP contribution is -2.44. The maximum atomic E-state index is 12.6. The van der Waals surface area contributed by atoms with Gasteiger partial charge in [-0.2, -0.15) is 0 Å². The minimum atomic E-state index is -0.177. The van der Waals surface area contributed by atoms with Gasteiger partial charge >= 0.3 is 0 Å². The number of halogens is 1. The molecule has 1 aliphatic rings. The predicted octanol–water partition coefficient (Wildman–Crippen LogP) is 3.39. The fourth-order valence-electron chi connectivity index (χ4n) is 2.87. The number of hydrogen-bond donors (Lipinski definition) is 2. The van der Waals surface area contributed by atoms with Crippen molar-refractivity contribution in [3.63, 3.8) is 0 Å². The first-order valence-corrected chi connectivity index (χ1v) is 9.06. The van der Waals surface area contributed by atoms with Gasteiger partial charge in [0.1, 0.15) is 5.75 Å². The van der Waals surface area contributed by atoms with Crippen LogP contribution in [0.25, 0.3) is 0 Å². The Balaban J connectivity index is 1.63. The van der Waals surface area contributed by atoms with Crippen molar-refractivity contribution < 1.29 is 9.53 Å². The summed E-state index contributed by atoms with van der Waals surface area (Å²) in [4.78, 5) is 14.9. The van der Waals surface area contributed by atoms with Crippen LogP contribution in [0.1, 0.15) is 23.2 Å². The highest BCUT2D eigenvalue weighted by molar-refractivity contribution is 7.14. The largest absolute Gasteiger partial charge is 0.496 e. The molecule has 3 rings (SSSR count). The summed E-state index contributed by atoms with van der Waals surface area (Å²) < 4.78 is 5.25. The lowest BCUT2D eigenvalue weighted by molar-refractivity contribution is 0.0928. The summed E-state index contributed by atoms with van der Waals surface area (Å²) in [6.07, 6.45) is 1.82. The molecule has 0 spiro atoms. The fourth-order valence-corrected chi connectivity index (χ4v) is 3.82. The molecule has 1 saturated heterocycles. The minimum Gasteiger partial charge on any atom is -0.496 e. The van der Waals surface area contributed by atoms with Crippen LogP contribution in [-0.2, 0) is 0 Å². The van der Waals surface area contributed by atoms with Crippen molar-refractivity contribution in [1.82, 2.24) is 5.32 Å². The average molecular weight is 366 g/mol. The van der Waals surface area contributed by atoms with Gasteiger partial charge in [-0.25, -0.2) is 0 Å². The summed E-state index contributed by atoms with van der Waals surface area (Å²) in [7, 11) is 1.51. The number of nitrogen functional groups attached to an aromatic ring is 1. The molecule has 1 aromatic heterocycles. The highest BCUT2D eigenvalue weighted by atomic mass is 35.5. The molecule has 128 valence electrons. The number of thiophene rings is 1. The molecule has 1 aromatic carbocycles. The zero-order valence-corrected chi connectivity index (χ0v) is 15.0. The molecule has 0 unspecified atom stereocenters. The quantitative estimate of drug-likeness (QED) is 0.815. The van der Waals surface area contributed by atoms with E-state index in [1.807, 2.05) is 0 Å². The van der Waals surface area contributed by atoms with Gasteiger partial charge in [0, 0.05) is 25.2 Å². The molecule has 0 radical (unpaired) electrons. The number of nitrogens with zero attached hydrogens (tertiary/aromatic N) is 1. The molecule has 24 heavy (non-hydrogen) atoms. The highest BCUT2D eigenvalue weighted by Gasteiger charge is 2.23. The van der Waals surface area contributed by atoms with E-state index in [4.69, 9.17) is 22.1 Å². The van der Waals surface area contributed by atoms with Gasteiger partial charge in [0.15, 0.2) is 0 Å². The second-order valence-corrected chi connectivity index (χ2v) is 7.09. The fraction of sp³-hybridized carbons (Fsp3) is 0.353. The van der Waals surface area contributed by atoms with E-state index in [9.17, 15) is 4.79 Å². The average Bonchev–Trinajstić information content (AvgIpc) is 3.12. The van der Waals surface area contributed by atoms with Crippen molar-refractivity contribution in [2.45, 2.75) is 18.9 Å². The molecular weight excluding hydrogens is 346 g/mol. The SMILES string of the molecule is COc1cc(N)c(Cl)cc1C(=O)NC1CCN(c2cccs2)CC1. The zero-order chi connectivity index (χ0) is 17.1. The molecule has 0 bridgehead atoms. The van der Waals surface area contributed by atoms with Crippen LogP contribution >= 0.6 is 22.9 Å². The van der Waals surface area contributed by atoms with Gasteiger partial charge in [-0.15, -0.1) is 11.3 Å². The second kappa shape index (κ2) is 7.32. The van der Waals surface area contributed by atoms with Crippen LogP contribution in [0.15, 0.2) is 29.6 Å².